The molecule has 0 aromatic heterocycles. The fraction of sp³-hybridized carbons (Fsp3) is 0.0870. The SMILES string of the molecule is COc1ccc(C=CC(=O)c2ccccc2O)cc1COc1ccc(Cl)cc1Cl. The molecule has 6 heteroatoms. The highest BCUT2D eigenvalue weighted by atomic mass is 35.5. The largest absolute Gasteiger partial charge is 0.507 e. The summed E-state index contributed by atoms with van der Waals surface area (Å²) in [6.07, 6.45) is 3.09. The summed E-state index contributed by atoms with van der Waals surface area (Å²) in [6, 6.07) is 16.9. The second kappa shape index (κ2) is 9.50. The third-order valence-corrected chi connectivity index (χ3v) is 4.71. The van der Waals surface area contributed by atoms with Gasteiger partial charge in [0.25, 0.3) is 0 Å². The van der Waals surface area contributed by atoms with Gasteiger partial charge in [-0.2, -0.15) is 0 Å². The van der Waals surface area contributed by atoms with Crippen molar-refractivity contribution in [3.63, 3.8) is 0 Å². The van der Waals surface area contributed by atoms with E-state index in [9.17, 15) is 9.90 Å². The highest BCUT2D eigenvalue weighted by Gasteiger charge is 2.09. The van der Waals surface area contributed by atoms with E-state index in [0.29, 0.717) is 21.5 Å². The van der Waals surface area contributed by atoms with Crippen LogP contribution in [0.4, 0.5) is 0 Å². The molecule has 3 rings (SSSR count). The van der Waals surface area contributed by atoms with Crippen molar-refractivity contribution in [2.75, 3.05) is 7.11 Å². The molecule has 4 nitrogen and oxygen atoms in total. The molecule has 0 spiro atoms. The van der Waals surface area contributed by atoms with E-state index < -0.39 is 0 Å². The minimum Gasteiger partial charge on any atom is -0.507 e. The maximum atomic E-state index is 12.3. The van der Waals surface area contributed by atoms with Crippen LogP contribution in [0.2, 0.25) is 10.0 Å². The van der Waals surface area contributed by atoms with Gasteiger partial charge in [0.1, 0.15) is 23.9 Å². The van der Waals surface area contributed by atoms with Crippen molar-refractivity contribution < 1.29 is 19.4 Å². The fourth-order valence-electron chi connectivity index (χ4n) is 2.71. The Morgan fingerprint density at radius 1 is 1.03 bits per heavy atom. The summed E-state index contributed by atoms with van der Waals surface area (Å²) < 4.78 is 11.2. The molecule has 0 saturated heterocycles. The standard InChI is InChI=1S/C23H18Cl2O4/c1-28-22-10-7-15(6-9-21(27)18-4-2-3-5-20(18)26)12-16(22)14-29-23-11-8-17(24)13-19(23)25/h2-13,26H,14H2,1H3. The van der Waals surface area contributed by atoms with Crippen LogP contribution in [-0.2, 0) is 6.61 Å². The van der Waals surface area contributed by atoms with Crippen LogP contribution in [0.15, 0.2) is 66.7 Å². The monoisotopic (exact) mass is 428 g/mol. The summed E-state index contributed by atoms with van der Waals surface area (Å²) in [5, 5.41) is 10.7. The summed E-state index contributed by atoms with van der Waals surface area (Å²) in [4.78, 5) is 12.3. The molecule has 0 amide bonds. The molecule has 29 heavy (non-hydrogen) atoms. The van der Waals surface area contributed by atoms with Crippen LogP contribution >= 0.6 is 23.2 Å². The first kappa shape index (κ1) is 20.8. The lowest BCUT2D eigenvalue weighted by Gasteiger charge is -2.12. The molecule has 1 N–H and O–H groups in total. The third-order valence-electron chi connectivity index (χ3n) is 4.18. The highest BCUT2D eigenvalue weighted by Crippen LogP contribution is 2.29. The highest BCUT2D eigenvalue weighted by molar-refractivity contribution is 6.35. The Labute approximate surface area is 178 Å². The smallest absolute Gasteiger partial charge is 0.189 e. The number of ether oxygens (including phenoxy) is 2. The van der Waals surface area contributed by atoms with Crippen LogP contribution in [0.25, 0.3) is 6.08 Å². The van der Waals surface area contributed by atoms with Gasteiger partial charge < -0.3 is 14.6 Å². The number of carbonyl (C=O) groups excluding carboxylic acids is 1. The number of ketones is 1. The minimum absolute atomic E-state index is 0.0502. The predicted octanol–water partition coefficient (Wildman–Crippen LogP) is 6.18. The first-order valence-electron chi connectivity index (χ1n) is 8.73. The number of halogens is 2. The molecule has 0 heterocycles. The molecule has 0 aliphatic carbocycles. The summed E-state index contributed by atoms with van der Waals surface area (Å²) in [5.74, 6) is 0.823. The Bertz CT molecular complexity index is 1060. The van der Waals surface area contributed by atoms with Crippen molar-refractivity contribution in [3.8, 4) is 17.2 Å². The van der Waals surface area contributed by atoms with Crippen LogP contribution in [0.3, 0.4) is 0 Å². The number of methoxy groups -OCH3 is 1. The topological polar surface area (TPSA) is 55.8 Å². The number of phenols is 1. The molecule has 148 valence electrons. The van der Waals surface area contributed by atoms with Gasteiger partial charge in [0.15, 0.2) is 5.78 Å². The second-order valence-electron chi connectivity index (χ2n) is 6.15. The average Bonchev–Trinajstić information content (AvgIpc) is 2.71. The Kier molecular flexibility index (Phi) is 6.81. The van der Waals surface area contributed by atoms with Gasteiger partial charge in [-0.15, -0.1) is 0 Å². The average molecular weight is 429 g/mol. The molecule has 3 aromatic rings. The van der Waals surface area contributed by atoms with Gasteiger partial charge in [-0.3, -0.25) is 4.79 Å². The van der Waals surface area contributed by atoms with Crippen molar-refractivity contribution >= 4 is 35.1 Å². The molecule has 0 unspecified atom stereocenters. The first-order chi connectivity index (χ1) is 14.0. The van der Waals surface area contributed by atoms with E-state index in [0.717, 1.165) is 11.1 Å². The number of hydrogen-bond donors (Lipinski definition) is 1. The van der Waals surface area contributed by atoms with E-state index in [4.69, 9.17) is 32.7 Å². The van der Waals surface area contributed by atoms with Gasteiger partial charge in [0.05, 0.1) is 17.7 Å². The number of para-hydroxylation sites is 1. The second-order valence-corrected chi connectivity index (χ2v) is 6.99. The van der Waals surface area contributed by atoms with Crippen molar-refractivity contribution in [3.05, 3.63) is 93.5 Å². The molecule has 0 atom stereocenters. The lowest BCUT2D eigenvalue weighted by Crippen LogP contribution is -2.00. The van der Waals surface area contributed by atoms with Gasteiger partial charge in [0, 0.05) is 10.6 Å². The van der Waals surface area contributed by atoms with E-state index >= 15 is 0 Å². The van der Waals surface area contributed by atoms with Crippen molar-refractivity contribution in [2.45, 2.75) is 6.61 Å². The number of benzene rings is 3. The third kappa shape index (κ3) is 5.31. The lowest BCUT2D eigenvalue weighted by atomic mass is 10.1. The van der Waals surface area contributed by atoms with E-state index in [1.165, 1.54) is 12.1 Å². The van der Waals surface area contributed by atoms with E-state index in [-0.39, 0.29) is 23.7 Å². The van der Waals surface area contributed by atoms with Gasteiger partial charge in [-0.1, -0.05) is 47.5 Å². The van der Waals surface area contributed by atoms with Crippen LogP contribution in [0, 0.1) is 0 Å². The fourth-order valence-corrected chi connectivity index (χ4v) is 3.17. The normalized spacial score (nSPS) is 10.9. The number of rotatable bonds is 7. The predicted molar refractivity (Wildman–Crippen MR) is 115 cm³/mol. The molecule has 0 bridgehead atoms. The van der Waals surface area contributed by atoms with Crippen molar-refractivity contribution in [1.29, 1.82) is 0 Å². The molecule has 0 aliphatic heterocycles. The Balaban J connectivity index is 1.77. The summed E-state index contributed by atoms with van der Waals surface area (Å²) in [5.41, 5.74) is 1.82. The Hall–Kier alpha value is -2.95. The summed E-state index contributed by atoms with van der Waals surface area (Å²) >= 11 is 12.1. The van der Waals surface area contributed by atoms with Crippen molar-refractivity contribution in [2.24, 2.45) is 0 Å². The van der Waals surface area contributed by atoms with E-state index in [1.54, 1.807) is 55.7 Å². The minimum atomic E-state index is -0.287. The summed E-state index contributed by atoms with van der Waals surface area (Å²) in [7, 11) is 1.57. The van der Waals surface area contributed by atoms with E-state index in [1.807, 2.05) is 12.1 Å². The lowest BCUT2D eigenvalue weighted by molar-refractivity contribution is 0.104. The zero-order chi connectivity index (χ0) is 20.8. The number of aromatic hydroxyl groups is 1. The quantitative estimate of drug-likeness (QED) is 0.360. The van der Waals surface area contributed by atoms with Crippen LogP contribution < -0.4 is 9.47 Å². The van der Waals surface area contributed by atoms with E-state index in [2.05, 4.69) is 0 Å². The zero-order valence-electron chi connectivity index (χ0n) is 15.6. The molecular weight excluding hydrogens is 411 g/mol. The molecule has 0 saturated carbocycles. The number of carbonyl (C=O) groups is 1. The van der Waals surface area contributed by atoms with Crippen LogP contribution in [-0.4, -0.2) is 18.0 Å². The Morgan fingerprint density at radius 3 is 2.52 bits per heavy atom. The van der Waals surface area contributed by atoms with Crippen LogP contribution in [0.5, 0.6) is 17.2 Å². The molecule has 3 aromatic carbocycles. The molecule has 0 fully saturated rings. The van der Waals surface area contributed by atoms with Gasteiger partial charge in [0.2, 0.25) is 0 Å². The number of allylic oxidation sites excluding steroid dienone is 1. The zero-order valence-corrected chi connectivity index (χ0v) is 17.1. The van der Waals surface area contributed by atoms with Gasteiger partial charge in [-0.25, -0.2) is 0 Å². The Morgan fingerprint density at radius 2 is 1.79 bits per heavy atom. The molecule has 0 aliphatic rings. The maximum absolute atomic E-state index is 12.3. The molecular formula is C23H18Cl2O4. The number of phenolic OH excluding ortho intramolecular Hbond substituents is 1. The molecule has 0 radical (unpaired) electrons. The summed E-state index contributed by atoms with van der Waals surface area (Å²) in [6.45, 7) is 0.222. The maximum Gasteiger partial charge on any atom is 0.189 e. The van der Waals surface area contributed by atoms with Gasteiger partial charge in [-0.05, 0) is 54.1 Å². The van der Waals surface area contributed by atoms with Gasteiger partial charge >= 0.3 is 0 Å². The first-order valence-corrected chi connectivity index (χ1v) is 9.48. The van der Waals surface area contributed by atoms with Crippen molar-refractivity contribution in [1.82, 2.24) is 0 Å². The van der Waals surface area contributed by atoms with Crippen LogP contribution in [0.1, 0.15) is 21.5 Å². The number of hydrogen-bond acceptors (Lipinski definition) is 4.